The lowest BCUT2D eigenvalue weighted by Crippen LogP contribution is -2.25. The van der Waals surface area contributed by atoms with E-state index in [0.29, 0.717) is 5.69 Å². The van der Waals surface area contributed by atoms with Crippen molar-refractivity contribution in [1.82, 2.24) is 19.6 Å². The lowest BCUT2D eigenvalue weighted by Gasteiger charge is -2.10. The predicted octanol–water partition coefficient (Wildman–Crippen LogP) is 3.55. The minimum absolute atomic E-state index is 0.00116. The first-order valence-corrected chi connectivity index (χ1v) is 8.71. The van der Waals surface area contributed by atoms with Crippen LogP contribution in [0.4, 0.5) is 13.2 Å². The molecule has 30 heavy (non-hydrogen) atoms. The fourth-order valence-corrected chi connectivity index (χ4v) is 3.11. The molecule has 0 atom stereocenters. The fraction of sp³-hybridized carbons (Fsp3) is 0.0500. The highest BCUT2D eigenvalue weighted by Crippen LogP contribution is 2.41. The van der Waals surface area contributed by atoms with Gasteiger partial charge in [0, 0.05) is 18.3 Å². The molecule has 2 aromatic carbocycles. The highest BCUT2D eigenvalue weighted by molar-refractivity contribution is 5.58. The van der Waals surface area contributed by atoms with Crippen molar-refractivity contribution < 1.29 is 22.6 Å². The second kappa shape index (κ2) is 6.48. The summed E-state index contributed by atoms with van der Waals surface area (Å²) in [5.41, 5.74) is 0.359. The quantitative estimate of drug-likeness (QED) is 0.515. The van der Waals surface area contributed by atoms with E-state index in [1.54, 1.807) is 12.1 Å². The lowest BCUT2D eigenvalue weighted by atomic mass is 10.2. The van der Waals surface area contributed by atoms with Crippen molar-refractivity contribution >= 4 is 0 Å². The summed E-state index contributed by atoms with van der Waals surface area (Å²) < 4.78 is 52.2. The van der Waals surface area contributed by atoms with Crippen molar-refractivity contribution in [3.8, 4) is 34.3 Å². The summed E-state index contributed by atoms with van der Waals surface area (Å²) in [5.74, 6) is -0.783. The minimum atomic E-state index is -3.74. The van der Waals surface area contributed by atoms with E-state index >= 15 is 0 Å². The Balaban J connectivity index is 1.60. The number of nitrogens with zero attached hydrogens (tertiary/aromatic N) is 4. The highest BCUT2D eigenvalue weighted by atomic mass is 19.3. The molecule has 2 aromatic heterocycles. The minimum Gasteiger partial charge on any atom is -0.395 e. The van der Waals surface area contributed by atoms with Gasteiger partial charge in [-0.3, -0.25) is 4.79 Å². The lowest BCUT2D eigenvalue weighted by molar-refractivity contribution is -0.286. The molecular formula is C20H11F3N4O3. The molecule has 150 valence electrons. The number of fused-ring (bicyclic) bond motifs is 1. The average Bonchev–Trinajstić information content (AvgIpc) is 3.31. The van der Waals surface area contributed by atoms with E-state index in [4.69, 9.17) is 0 Å². The number of alkyl halides is 2. The second-order valence-corrected chi connectivity index (χ2v) is 6.35. The molecule has 0 unspecified atom stereocenters. The number of halogens is 3. The van der Waals surface area contributed by atoms with Crippen LogP contribution < -0.4 is 14.9 Å². The molecule has 0 spiro atoms. The Kier molecular flexibility index (Phi) is 3.88. The molecule has 0 aliphatic carbocycles. The third-order valence-corrected chi connectivity index (χ3v) is 4.42. The summed E-state index contributed by atoms with van der Waals surface area (Å²) in [7, 11) is 0. The van der Waals surface area contributed by atoms with Crippen LogP contribution in [0.1, 0.15) is 0 Å². The standard InChI is InChI=1S/C20H11F3N4O3/c21-13-3-1-2-4-14(13)27-15(7-9-24-27)19-16(28)8-10-26(25-19)12-5-6-17-18(11-12)30-20(22,23)29-17/h1-11H. The molecule has 7 nitrogen and oxygen atoms in total. The zero-order valence-electron chi connectivity index (χ0n) is 15.0. The van der Waals surface area contributed by atoms with Crippen LogP contribution in [0.15, 0.2) is 71.8 Å². The van der Waals surface area contributed by atoms with Crippen molar-refractivity contribution in [1.29, 1.82) is 0 Å². The van der Waals surface area contributed by atoms with E-state index in [0.717, 1.165) is 0 Å². The number of aromatic nitrogens is 4. The molecule has 0 amide bonds. The molecule has 1 aliphatic heterocycles. The van der Waals surface area contributed by atoms with E-state index in [1.165, 1.54) is 64.2 Å². The molecule has 0 fully saturated rings. The number of hydrogen-bond acceptors (Lipinski definition) is 5. The van der Waals surface area contributed by atoms with Gasteiger partial charge < -0.3 is 9.47 Å². The van der Waals surface area contributed by atoms with Crippen LogP contribution in [-0.4, -0.2) is 25.9 Å². The van der Waals surface area contributed by atoms with Crippen LogP contribution in [-0.2, 0) is 0 Å². The first-order chi connectivity index (χ1) is 14.4. The molecule has 4 aromatic rings. The normalized spacial score (nSPS) is 14.1. The summed E-state index contributed by atoms with van der Waals surface area (Å²) in [6.45, 7) is 0. The van der Waals surface area contributed by atoms with Crippen molar-refractivity contribution in [2.75, 3.05) is 0 Å². The molecule has 5 rings (SSSR count). The van der Waals surface area contributed by atoms with Gasteiger partial charge in [-0.2, -0.15) is 10.2 Å². The van der Waals surface area contributed by atoms with Crippen molar-refractivity contribution in [2.24, 2.45) is 0 Å². The number of para-hydroxylation sites is 1. The summed E-state index contributed by atoms with van der Waals surface area (Å²) in [6, 6.07) is 12.9. The van der Waals surface area contributed by atoms with Gasteiger partial charge in [-0.1, -0.05) is 12.1 Å². The van der Waals surface area contributed by atoms with Crippen LogP contribution in [0.25, 0.3) is 22.8 Å². The average molecular weight is 412 g/mol. The largest absolute Gasteiger partial charge is 0.586 e. The Morgan fingerprint density at radius 2 is 1.77 bits per heavy atom. The zero-order chi connectivity index (χ0) is 20.9. The molecule has 0 bridgehead atoms. The maximum absolute atomic E-state index is 14.2. The number of benzene rings is 2. The van der Waals surface area contributed by atoms with E-state index in [9.17, 15) is 18.0 Å². The maximum Gasteiger partial charge on any atom is 0.586 e. The SMILES string of the molecule is O=c1ccn(-c2ccc3c(c2)OC(F)(F)O3)nc1-c1ccnn1-c1ccccc1F. The number of hydrogen-bond donors (Lipinski definition) is 0. The van der Waals surface area contributed by atoms with E-state index in [-0.39, 0.29) is 28.6 Å². The van der Waals surface area contributed by atoms with Crippen molar-refractivity contribution in [3.05, 3.63) is 83.0 Å². The topological polar surface area (TPSA) is 71.2 Å². The van der Waals surface area contributed by atoms with E-state index in [1.807, 2.05) is 0 Å². The van der Waals surface area contributed by atoms with Crippen LogP contribution >= 0.6 is 0 Å². The van der Waals surface area contributed by atoms with Crippen LogP contribution in [0, 0.1) is 5.82 Å². The van der Waals surface area contributed by atoms with Crippen molar-refractivity contribution in [3.63, 3.8) is 0 Å². The Morgan fingerprint density at radius 3 is 2.60 bits per heavy atom. The number of rotatable bonds is 3. The van der Waals surface area contributed by atoms with Gasteiger partial charge in [0.1, 0.15) is 11.5 Å². The molecule has 0 saturated heterocycles. The molecule has 3 heterocycles. The van der Waals surface area contributed by atoms with Gasteiger partial charge in [0.15, 0.2) is 17.2 Å². The second-order valence-electron chi connectivity index (χ2n) is 6.35. The molecule has 0 radical (unpaired) electrons. The monoisotopic (exact) mass is 412 g/mol. The van der Waals surface area contributed by atoms with Gasteiger partial charge in [0.2, 0.25) is 5.43 Å². The fourth-order valence-electron chi connectivity index (χ4n) is 3.11. The third kappa shape index (κ3) is 2.98. The summed E-state index contributed by atoms with van der Waals surface area (Å²) in [5, 5.41) is 8.40. The maximum atomic E-state index is 14.2. The van der Waals surface area contributed by atoms with Crippen molar-refractivity contribution in [2.45, 2.75) is 6.29 Å². The Bertz CT molecular complexity index is 1330. The van der Waals surface area contributed by atoms with Crippen LogP contribution in [0.3, 0.4) is 0 Å². The van der Waals surface area contributed by atoms with E-state index < -0.39 is 17.5 Å². The van der Waals surface area contributed by atoms with Gasteiger partial charge in [-0.15, -0.1) is 8.78 Å². The first-order valence-electron chi connectivity index (χ1n) is 8.71. The van der Waals surface area contributed by atoms with Gasteiger partial charge in [-0.05, 0) is 30.3 Å². The van der Waals surface area contributed by atoms with Gasteiger partial charge in [0.25, 0.3) is 0 Å². The molecular weight excluding hydrogens is 401 g/mol. The third-order valence-electron chi connectivity index (χ3n) is 4.42. The Hall–Kier alpha value is -4.08. The highest BCUT2D eigenvalue weighted by Gasteiger charge is 2.43. The summed E-state index contributed by atoms with van der Waals surface area (Å²) >= 11 is 0. The van der Waals surface area contributed by atoms with Gasteiger partial charge >= 0.3 is 6.29 Å². The molecule has 1 aliphatic rings. The first kappa shape index (κ1) is 18.0. The smallest absolute Gasteiger partial charge is 0.395 e. The Labute approximate surface area is 166 Å². The molecule has 0 N–H and O–H groups in total. The van der Waals surface area contributed by atoms with Gasteiger partial charge in [0.05, 0.1) is 17.6 Å². The Morgan fingerprint density at radius 1 is 0.967 bits per heavy atom. The zero-order valence-corrected chi connectivity index (χ0v) is 15.0. The van der Waals surface area contributed by atoms with Crippen LogP contribution in [0.2, 0.25) is 0 Å². The number of ether oxygens (including phenoxy) is 2. The molecule has 0 saturated carbocycles. The predicted molar refractivity (Wildman–Crippen MR) is 98.6 cm³/mol. The summed E-state index contributed by atoms with van der Waals surface area (Å²) in [4.78, 5) is 12.5. The molecule has 10 heteroatoms. The summed E-state index contributed by atoms with van der Waals surface area (Å²) in [6.07, 6.45) is -0.941. The van der Waals surface area contributed by atoms with E-state index in [2.05, 4.69) is 19.7 Å². The van der Waals surface area contributed by atoms with Gasteiger partial charge in [-0.25, -0.2) is 13.8 Å². The van der Waals surface area contributed by atoms with Crippen LogP contribution in [0.5, 0.6) is 11.5 Å².